The van der Waals surface area contributed by atoms with Gasteiger partial charge in [0, 0.05) is 4.90 Å². The largest absolute Gasteiger partial charge is 0.457 e. The Labute approximate surface area is 111 Å². The molecule has 0 amide bonds. The van der Waals surface area contributed by atoms with Gasteiger partial charge >= 0.3 is 0 Å². The maximum Gasteiger partial charge on any atom is 0.153 e. The molecule has 2 aromatic carbocycles. The summed E-state index contributed by atoms with van der Waals surface area (Å²) in [5, 5.41) is 0. The van der Waals surface area contributed by atoms with E-state index in [-0.39, 0.29) is 0 Å². The van der Waals surface area contributed by atoms with Crippen LogP contribution in [0, 0.1) is 6.92 Å². The van der Waals surface area contributed by atoms with E-state index in [1.165, 1.54) is 10.5 Å². The number of hydrogen-bond acceptors (Lipinski definition) is 3. The number of ether oxygens (including phenoxy) is 1. The second-order valence-corrected chi connectivity index (χ2v) is 4.74. The Balaban J connectivity index is 2.28. The summed E-state index contributed by atoms with van der Waals surface area (Å²) in [5.74, 6) is 1.34. The highest BCUT2D eigenvalue weighted by atomic mass is 32.2. The van der Waals surface area contributed by atoms with Gasteiger partial charge in [-0.1, -0.05) is 12.1 Å². The minimum Gasteiger partial charge on any atom is -0.457 e. The SMILES string of the molecule is CSc1ccc(Oc2ccccc2C=O)cc1C. The van der Waals surface area contributed by atoms with Crippen molar-refractivity contribution in [2.75, 3.05) is 6.26 Å². The number of hydrogen-bond donors (Lipinski definition) is 0. The van der Waals surface area contributed by atoms with Gasteiger partial charge in [0.1, 0.15) is 11.5 Å². The second-order valence-electron chi connectivity index (χ2n) is 3.89. The lowest BCUT2D eigenvalue weighted by Crippen LogP contribution is -1.90. The van der Waals surface area contributed by atoms with Crippen molar-refractivity contribution in [1.29, 1.82) is 0 Å². The molecule has 2 nitrogen and oxygen atoms in total. The fourth-order valence-corrected chi connectivity index (χ4v) is 2.30. The maximum absolute atomic E-state index is 10.9. The molecule has 0 spiro atoms. The molecule has 0 radical (unpaired) electrons. The summed E-state index contributed by atoms with van der Waals surface area (Å²) in [6.07, 6.45) is 2.85. The number of benzene rings is 2. The van der Waals surface area contributed by atoms with Crippen molar-refractivity contribution < 1.29 is 9.53 Å². The molecule has 3 heteroatoms. The first-order chi connectivity index (χ1) is 8.74. The Morgan fingerprint density at radius 1 is 1.17 bits per heavy atom. The summed E-state index contributed by atoms with van der Waals surface area (Å²) in [5.41, 5.74) is 1.73. The van der Waals surface area contributed by atoms with Crippen molar-refractivity contribution in [3.63, 3.8) is 0 Å². The standard InChI is InChI=1S/C15H14O2S/c1-11-9-13(7-8-15(11)18-2)17-14-6-4-3-5-12(14)10-16/h3-10H,1-2H3. The van der Waals surface area contributed by atoms with Gasteiger partial charge in [-0.2, -0.15) is 0 Å². The molecule has 0 unspecified atom stereocenters. The lowest BCUT2D eigenvalue weighted by Gasteiger charge is -2.10. The Bertz CT molecular complexity index is 564. The van der Waals surface area contributed by atoms with Crippen LogP contribution < -0.4 is 4.74 Å². The normalized spacial score (nSPS) is 10.1. The van der Waals surface area contributed by atoms with E-state index in [4.69, 9.17) is 4.74 Å². The summed E-state index contributed by atoms with van der Waals surface area (Å²) in [6, 6.07) is 13.1. The number of aldehydes is 1. The Hall–Kier alpha value is -1.74. The van der Waals surface area contributed by atoms with Gasteiger partial charge in [-0.15, -0.1) is 11.8 Å². The highest BCUT2D eigenvalue weighted by Gasteiger charge is 2.04. The van der Waals surface area contributed by atoms with Crippen molar-refractivity contribution in [1.82, 2.24) is 0 Å². The van der Waals surface area contributed by atoms with Crippen LogP contribution in [-0.4, -0.2) is 12.5 Å². The first-order valence-corrected chi connectivity index (χ1v) is 6.84. The van der Waals surface area contributed by atoms with E-state index in [2.05, 4.69) is 0 Å². The van der Waals surface area contributed by atoms with Crippen molar-refractivity contribution in [3.05, 3.63) is 53.6 Å². The molecule has 0 heterocycles. The first kappa shape index (κ1) is 12.7. The van der Waals surface area contributed by atoms with Crippen LogP contribution in [0.4, 0.5) is 0 Å². The average molecular weight is 258 g/mol. The Morgan fingerprint density at radius 2 is 1.94 bits per heavy atom. The monoisotopic (exact) mass is 258 g/mol. The van der Waals surface area contributed by atoms with Crippen LogP contribution >= 0.6 is 11.8 Å². The van der Waals surface area contributed by atoms with Crippen LogP contribution in [0.5, 0.6) is 11.5 Å². The summed E-state index contributed by atoms with van der Waals surface area (Å²) in [7, 11) is 0. The van der Waals surface area contributed by atoms with Crippen LogP contribution in [0.1, 0.15) is 15.9 Å². The van der Waals surface area contributed by atoms with Crippen LogP contribution in [0.25, 0.3) is 0 Å². The topological polar surface area (TPSA) is 26.3 Å². The fourth-order valence-electron chi connectivity index (χ4n) is 1.71. The smallest absolute Gasteiger partial charge is 0.153 e. The number of carbonyl (C=O) groups excluding carboxylic acids is 1. The molecule has 2 aromatic rings. The molecule has 0 aliphatic heterocycles. The zero-order valence-electron chi connectivity index (χ0n) is 10.3. The molecule has 0 aliphatic rings. The molecule has 0 aromatic heterocycles. The number of aryl methyl sites for hydroxylation is 1. The van der Waals surface area contributed by atoms with E-state index in [1.807, 2.05) is 43.5 Å². The third kappa shape index (κ3) is 2.74. The molecule has 18 heavy (non-hydrogen) atoms. The van der Waals surface area contributed by atoms with Gasteiger partial charge in [0.2, 0.25) is 0 Å². The van der Waals surface area contributed by atoms with E-state index in [0.29, 0.717) is 11.3 Å². The highest BCUT2D eigenvalue weighted by molar-refractivity contribution is 7.98. The predicted molar refractivity (Wildman–Crippen MR) is 74.9 cm³/mol. The van der Waals surface area contributed by atoms with Crippen molar-refractivity contribution in [2.24, 2.45) is 0 Å². The van der Waals surface area contributed by atoms with Crippen molar-refractivity contribution in [3.8, 4) is 11.5 Å². The van der Waals surface area contributed by atoms with Crippen LogP contribution in [0.3, 0.4) is 0 Å². The van der Waals surface area contributed by atoms with Gasteiger partial charge in [0.25, 0.3) is 0 Å². The summed E-state index contributed by atoms with van der Waals surface area (Å²) < 4.78 is 5.74. The highest BCUT2D eigenvalue weighted by Crippen LogP contribution is 2.28. The molecule has 92 valence electrons. The van der Waals surface area contributed by atoms with Crippen LogP contribution in [-0.2, 0) is 0 Å². The lowest BCUT2D eigenvalue weighted by atomic mass is 10.2. The van der Waals surface area contributed by atoms with Gasteiger partial charge in [-0.25, -0.2) is 0 Å². The molecule has 0 bridgehead atoms. The quantitative estimate of drug-likeness (QED) is 0.603. The minimum absolute atomic E-state index is 0.559. The van der Waals surface area contributed by atoms with Crippen molar-refractivity contribution in [2.45, 2.75) is 11.8 Å². The van der Waals surface area contributed by atoms with E-state index in [0.717, 1.165) is 12.0 Å². The third-order valence-electron chi connectivity index (χ3n) is 2.64. The molecule has 0 aliphatic carbocycles. The Morgan fingerprint density at radius 3 is 2.61 bits per heavy atom. The van der Waals surface area contributed by atoms with E-state index >= 15 is 0 Å². The summed E-state index contributed by atoms with van der Waals surface area (Å²) in [4.78, 5) is 12.1. The molecular weight excluding hydrogens is 244 g/mol. The predicted octanol–water partition coefficient (Wildman–Crippen LogP) is 4.32. The second kappa shape index (κ2) is 5.74. The van der Waals surface area contributed by atoms with E-state index < -0.39 is 0 Å². The molecule has 0 saturated heterocycles. The Kier molecular flexibility index (Phi) is 4.05. The molecule has 2 rings (SSSR count). The van der Waals surface area contributed by atoms with E-state index in [1.54, 1.807) is 23.9 Å². The lowest BCUT2D eigenvalue weighted by molar-refractivity contribution is 0.112. The van der Waals surface area contributed by atoms with Crippen LogP contribution in [0.15, 0.2) is 47.4 Å². The fraction of sp³-hybridized carbons (Fsp3) is 0.133. The summed E-state index contributed by atoms with van der Waals surface area (Å²) >= 11 is 1.71. The molecular formula is C15H14O2S. The third-order valence-corrected chi connectivity index (χ3v) is 3.54. The molecule has 0 saturated carbocycles. The van der Waals surface area contributed by atoms with Crippen LogP contribution in [0.2, 0.25) is 0 Å². The minimum atomic E-state index is 0.559. The zero-order chi connectivity index (χ0) is 13.0. The zero-order valence-corrected chi connectivity index (χ0v) is 11.2. The van der Waals surface area contributed by atoms with Gasteiger partial charge in [0.15, 0.2) is 6.29 Å². The van der Waals surface area contributed by atoms with Gasteiger partial charge < -0.3 is 4.74 Å². The molecule has 0 atom stereocenters. The maximum atomic E-state index is 10.9. The van der Waals surface area contributed by atoms with Crippen molar-refractivity contribution >= 4 is 18.0 Å². The van der Waals surface area contributed by atoms with Gasteiger partial charge in [0.05, 0.1) is 5.56 Å². The molecule has 0 fully saturated rings. The number of carbonyl (C=O) groups is 1. The van der Waals surface area contributed by atoms with Gasteiger partial charge in [-0.3, -0.25) is 4.79 Å². The number of thioether (sulfide) groups is 1. The average Bonchev–Trinajstić information content (AvgIpc) is 2.39. The van der Waals surface area contributed by atoms with E-state index in [9.17, 15) is 4.79 Å². The van der Waals surface area contributed by atoms with Gasteiger partial charge in [-0.05, 0) is 49.1 Å². The molecule has 0 N–H and O–H groups in total. The first-order valence-electron chi connectivity index (χ1n) is 5.61. The summed E-state index contributed by atoms with van der Waals surface area (Å²) in [6.45, 7) is 2.05. The number of rotatable bonds is 4. The number of para-hydroxylation sites is 1.